The van der Waals surface area contributed by atoms with Crippen LogP contribution in [0.1, 0.15) is 13.8 Å². The van der Waals surface area contributed by atoms with E-state index in [1.165, 1.54) is 0 Å². The summed E-state index contributed by atoms with van der Waals surface area (Å²) in [6, 6.07) is 9.40. The quantitative estimate of drug-likeness (QED) is 0.829. The molecule has 100 valence electrons. The van der Waals surface area contributed by atoms with Crippen molar-refractivity contribution in [2.75, 3.05) is 31.6 Å². The zero-order valence-corrected chi connectivity index (χ0v) is 11.3. The Morgan fingerprint density at radius 1 is 1.33 bits per heavy atom. The fraction of sp³-hybridized carbons (Fsp3) is 0.500. The number of amides is 1. The molecule has 0 aliphatic carbocycles. The lowest BCUT2D eigenvalue weighted by atomic mass is 10.2. The molecule has 0 aliphatic heterocycles. The van der Waals surface area contributed by atoms with Gasteiger partial charge in [-0.3, -0.25) is 9.69 Å². The van der Waals surface area contributed by atoms with Crippen LogP contribution in [-0.2, 0) is 4.79 Å². The van der Waals surface area contributed by atoms with Gasteiger partial charge in [0.05, 0.1) is 12.6 Å². The Balaban J connectivity index is 2.80. The highest BCUT2D eigenvalue weighted by Crippen LogP contribution is 2.15. The van der Waals surface area contributed by atoms with E-state index in [2.05, 4.69) is 0 Å². The minimum absolute atomic E-state index is 0.0552. The van der Waals surface area contributed by atoms with Crippen LogP contribution in [0.3, 0.4) is 0 Å². The molecule has 1 N–H and O–H groups in total. The van der Waals surface area contributed by atoms with Crippen LogP contribution in [0.15, 0.2) is 30.3 Å². The van der Waals surface area contributed by atoms with Crippen LogP contribution in [0.25, 0.3) is 0 Å². The topological polar surface area (TPSA) is 43.8 Å². The lowest BCUT2D eigenvalue weighted by Gasteiger charge is -2.29. The molecule has 1 aromatic rings. The molecule has 0 saturated carbocycles. The number of aliphatic hydroxyl groups excluding tert-OH is 1. The lowest BCUT2D eigenvalue weighted by Crippen LogP contribution is -2.46. The van der Waals surface area contributed by atoms with E-state index in [-0.39, 0.29) is 18.6 Å². The van der Waals surface area contributed by atoms with Crippen molar-refractivity contribution < 1.29 is 9.90 Å². The number of aliphatic hydroxyl groups is 1. The second kappa shape index (κ2) is 7.13. The standard InChI is InChI=1S/C14H22N2O2/c1-4-16(13-8-6-5-7-9-13)14(18)12(2)15(3)10-11-17/h5-9,12,17H,4,10-11H2,1-3H3. The Hall–Kier alpha value is -1.39. The highest BCUT2D eigenvalue weighted by atomic mass is 16.3. The fourth-order valence-corrected chi connectivity index (χ4v) is 1.84. The van der Waals surface area contributed by atoms with Crippen molar-refractivity contribution in [3.8, 4) is 0 Å². The molecule has 1 unspecified atom stereocenters. The number of carbonyl (C=O) groups is 1. The zero-order valence-electron chi connectivity index (χ0n) is 11.3. The van der Waals surface area contributed by atoms with Gasteiger partial charge in [-0.1, -0.05) is 18.2 Å². The van der Waals surface area contributed by atoms with Crippen LogP contribution in [0, 0.1) is 0 Å². The molecule has 0 saturated heterocycles. The van der Waals surface area contributed by atoms with Gasteiger partial charge in [-0.25, -0.2) is 0 Å². The molecule has 1 aromatic carbocycles. The largest absolute Gasteiger partial charge is 0.395 e. The summed E-state index contributed by atoms with van der Waals surface area (Å²) in [4.78, 5) is 16.0. The second-order valence-corrected chi connectivity index (χ2v) is 4.30. The first-order valence-electron chi connectivity index (χ1n) is 6.29. The normalized spacial score (nSPS) is 12.5. The summed E-state index contributed by atoms with van der Waals surface area (Å²) in [7, 11) is 1.84. The van der Waals surface area contributed by atoms with Crippen LogP contribution in [-0.4, -0.2) is 48.7 Å². The van der Waals surface area contributed by atoms with Gasteiger partial charge in [0.2, 0.25) is 5.91 Å². The Kier molecular flexibility index (Phi) is 5.82. The summed E-state index contributed by atoms with van der Waals surface area (Å²) in [5.41, 5.74) is 0.911. The van der Waals surface area contributed by atoms with Gasteiger partial charge >= 0.3 is 0 Å². The molecule has 1 amide bonds. The molecular weight excluding hydrogens is 228 g/mol. The van der Waals surface area contributed by atoms with Crippen LogP contribution >= 0.6 is 0 Å². The summed E-state index contributed by atoms with van der Waals surface area (Å²) in [6.45, 7) is 5.03. The highest BCUT2D eigenvalue weighted by molar-refractivity contribution is 5.96. The number of benzene rings is 1. The molecular formula is C14H22N2O2. The molecule has 0 fully saturated rings. The third kappa shape index (κ3) is 3.55. The summed E-state index contributed by atoms with van der Waals surface area (Å²) >= 11 is 0. The van der Waals surface area contributed by atoms with Crippen molar-refractivity contribution in [1.29, 1.82) is 0 Å². The van der Waals surface area contributed by atoms with E-state index in [0.717, 1.165) is 5.69 Å². The van der Waals surface area contributed by atoms with Crippen molar-refractivity contribution in [3.63, 3.8) is 0 Å². The van der Waals surface area contributed by atoms with Crippen LogP contribution in [0.4, 0.5) is 5.69 Å². The minimum atomic E-state index is -0.239. The average Bonchev–Trinajstić information content (AvgIpc) is 2.40. The number of likely N-dealkylation sites (N-methyl/N-ethyl adjacent to an activating group) is 2. The Labute approximate surface area is 109 Å². The Bertz CT molecular complexity index is 367. The van der Waals surface area contributed by atoms with Gasteiger partial charge in [0, 0.05) is 18.8 Å². The Morgan fingerprint density at radius 2 is 1.94 bits per heavy atom. The van der Waals surface area contributed by atoms with Gasteiger partial charge in [0.1, 0.15) is 0 Å². The number of hydrogen-bond acceptors (Lipinski definition) is 3. The van der Waals surface area contributed by atoms with E-state index in [1.54, 1.807) is 4.90 Å². The fourth-order valence-electron chi connectivity index (χ4n) is 1.84. The maximum absolute atomic E-state index is 12.4. The van der Waals surface area contributed by atoms with E-state index < -0.39 is 0 Å². The van der Waals surface area contributed by atoms with Crippen molar-refractivity contribution in [1.82, 2.24) is 4.90 Å². The first-order chi connectivity index (χ1) is 8.61. The van der Waals surface area contributed by atoms with Gasteiger partial charge in [-0.05, 0) is 33.0 Å². The van der Waals surface area contributed by atoms with Crippen LogP contribution in [0.2, 0.25) is 0 Å². The Morgan fingerprint density at radius 3 is 2.44 bits per heavy atom. The highest BCUT2D eigenvalue weighted by Gasteiger charge is 2.23. The molecule has 18 heavy (non-hydrogen) atoms. The number of rotatable bonds is 6. The average molecular weight is 250 g/mol. The number of carbonyl (C=O) groups excluding carboxylic acids is 1. The van der Waals surface area contributed by atoms with E-state index in [0.29, 0.717) is 13.1 Å². The molecule has 0 aromatic heterocycles. The van der Waals surface area contributed by atoms with Crippen molar-refractivity contribution >= 4 is 11.6 Å². The number of anilines is 1. The molecule has 0 heterocycles. The number of nitrogens with zero attached hydrogens (tertiary/aromatic N) is 2. The monoisotopic (exact) mass is 250 g/mol. The van der Waals surface area contributed by atoms with Gasteiger partial charge in [0.25, 0.3) is 0 Å². The molecule has 1 atom stereocenters. The molecule has 0 spiro atoms. The van der Waals surface area contributed by atoms with Crippen molar-refractivity contribution in [2.45, 2.75) is 19.9 Å². The predicted octanol–water partition coefficient (Wildman–Crippen LogP) is 1.35. The van der Waals surface area contributed by atoms with Crippen molar-refractivity contribution in [2.24, 2.45) is 0 Å². The van der Waals surface area contributed by atoms with Gasteiger partial charge < -0.3 is 10.0 Å². The van der Waals surface area contributed by atoms with E-state index in [4.69, 9.17) is 5.11 Å². The summed E-state index contributed by atoms with van der Waals surface area (Å²) in [5, 5.41) is 8.91. The van der Waals surface area contributed by atoms with E-state index in [1.807, 2.05) is 56.1 Å². The maximum Gasteiger partial charge on any atom is 0.244 e. The third-order valence-electron chi connectivity index (χ3n) is 3.12. The molecule has 0 radical (unpaired) electrons. The smallest absolute Gasteiger partial charge is 0.244 e. The summed E-state index contributed by atoms with van der Waals surface area (Å²) in [6.07, 6.45) is 0. The van der Waals surface area contributed by atoms with Gasteiger partial charge in [-0.2, -0.15) is 0 Å². The van der Waals surface area contributed by atoms with Crippen LogP contribution in [0.5, 0.6) is 0 Å². The predicted molar refractivity (Wildman–Crippen MR) is 73.6 cm³/mol. The van der Waals surface area contributed by atoms with Gasteiger partial charge in [0.15, 0.2) is 0 Å². The first kappa shape index (κ1) is 14.7. The minimum Gasteiger partial charge on any atom is -0.395 e. The molecule has 0 bridgehead atoms. The molecule has 4 heteroatoms. The zero-order chi connectivity index (χ0) is 13.5. The first-order valence-corrected chi connectivity index (χ1v) is 6.29. The van der Waals surface area contributed by atoms with Gasteiger partial charge in [-0.15, -0.1) is 0 Å². The molecule has 0 aliphatic rings. The molecule has 1 rings (SSSR count). The lowest BCUT2D eigenvalue weighted by molar-refractivity contribution is -0.122. The van der Waals surface area contributed by atoms with Crippen molar-refractivity contribution in [3.05, 3.63) is 30.3 Å². The summed E-state index contributed by atoms with van der Waals surface area (Å²) in [5.74, 6) is 0.0552. The molecule has 4 nitrogen and oxygen atoms in total. The third-order valence-corrected chi connectivity index (χ3v) is 3.12. The maximum atomic E-state index is 12.4. The summed E-state index contributed by atoms with van der Waals surface area (Å²) < 4.78 is 0. The van der Waals surface area contributed by atoms with E-state index in [9.17, 15) is 4.79 Å². The number of para-hydroxylation sites is 1. The number of hydrogen-bond donors (Lipinski definition) is 1. The second-order valence-electron chi connectivity index (χ2n) is 4.30. The SMILES string of the molecule is CCN(C(=O)C(C)N(C)CCO)c1ccccc1. The van der Waals surface area contributed by atoms with Crippen LogP contribution < -0.4 is 4.90 Å². The van der Waals surface area contributed by atoms with E-state index >= 15 is 0 Å².